The topological polar surface area (TPSA) is 93.1 Å². The first-order valence-corrected chi connectivity index (χ1v) is 12.8. The molecule has 0 aliphatic carbocycles. The summed E-state index contributed by atoms with van der Waals surface area (Å²) in [6, 6.07) is 20.2. The van der Waals surface area contributed by atoms with Gasteiger partial charge in [-0.05, 0) is 46.7 Å². The van der Waals surface area contributed by atoms with Gasteiger partial charge in [0.25, 0.3) is 10.0 Å². The average molecular weight is 481 g/mol. The molecule has 0 saturated carbocycles. The van der Waals surface area contributed by atoms with Crippen LogP contribution >= 0.6 is 11.3 Å². The maximum atomic E-state index is 12.6. The molecule has 2 heterocycles. The van der Waals surface area contributed by atoms with Crippen molar-refractivity contribution in [1.82, 2.24) is 19.8 Å². The van der Waals surface area contributed by atoms with E-state index in [0.29, 0.717) is 6.54 Å². The standard InChI is InChI=1S/C24H24N4O3S2/c1-18(27-33(30,31)23-8-4-15-32-23)24(29)25-16-21-6-2-3-7-22(21)20-11-9-19(10-12-20)17-28-14-5-13-26-28/h2-15,18,27H,16-17H2,1H3,(H,25,29). The molecule has 1 amide bonds. The molecule has 0 fully saturated rings. The van der Waals surface area contributed by atoms with Crippen LogP contribution in [0.4, 0.5) is 0 Å². The van der Waals surface area contributed by atoms with E-state index in [2.05, 4.69) is 39.4 Å². The van der Waals surface area contributed by atoms with Gasteiger partial charge >= 0.3 is 0 Å². The minimum atomic E-state index is -3.72. The maximum absolute atomic E-state index is 12.6. The van der Waals surface area contributed by atoms with Crippen LogP contribution in [0.2, 0.25) is 0 Å². The molecule has 2 aromatic heterocycles. The lowest BCUT2D eigenvalue weighted by molar-refractivity contribution is -0.122. The Balaban J connectivity index is 1.41. The van der Waals surface area contributed by atoms with Gasteiger partial charge in [-0.15, -0.1) is 11.3 Å². The zero-order valence-electron chi connectivity index (χ0n) is 18.0. The highest BCUT2D eigenvalue weighted by Gasteiger charge is 2.22. The number of thiophene rings is 1. The summed E-state index contributed by atoms with van der Waals surface area (Å²) in [6.07, 6.45) is 3.68. The van der Waals surface area contributed by atoms with Gasteiger partial charge in [0.05, 0.1) is 12.6 Å². The molecule has 0 aliphatic heterocycles. The summed E-state index contributed by atoms with van der Waals surface area (Å²) in [5, 5.41) is 8.76. The zero-order valence-corrected chi connectivity index (χ0v) is 19.6. The van der Waals surface area contributed by atoms with Crippen molar-refractivity contribution in [3.63, 3.8) is 0 Å². The normalized spacial score (nSPS) is 12.4. The molecule has 4 aromatic rings. The lowest BCUT2D eigenvalue weighted by atomic mass is 9.98. The van der Waals surface area contributed by atoms with Gasteiger partial charge in [0, 0.05) is 18.9 Å². The van der Waals surface area contributed by atoms with Crippen molar-refractivity contribution in [2.45, 2.75) is 30.3 Å². The fourth-order valence-corrected chi connectivity index (χ4v) is 5.64. The smallest absolute Gasteiger partial charge is 0.250 e. The molecule has 0 saturated heterocycles. The maximum Gasteiger partial charge on any atom is 0.250 e. The predicted molar refractivity (Wildman–Crippen MR) is 129 cm³/mol. The summed E-state index contributed by atoms with van der Waals surface area (Å²) >= 11 is 1.11. The average Bonchev–Trinajstić information content (AvgIpc) is 3.53. The highest BCUT2D eigenvalue weighted by Crippen LogP contribution is 2.24. The molecule has 9 heteroatoms. The van der Waals surface area contributed by atoms with Gasteiger partial charge in [0.2, 0.25) is 5.91 Å². The van der Waals surface area contributed by atoms with E-state index in [1.165, 1.54) is 13.0 Å². The van der Waals surface area contributed by atoms with Gasteiger partial charge in [0.1, 0.15) is 4.21 Å². The third-order valence-electron chi connectivity index (χ3n) is 5.12. The summed E-state index contributed by atoms with van der Waals surface area (Å²) in [5.74, 6) is -0.389. The lowest BCUT2D eigenvalue weighted by Gasteiger charge is -2.15. The van der Waals surface area contributed by atoms with Crippen LogP contribution in [-0.4, -0.2) is 30.1 Å². The quantitative estimate of drug-likeness (QED) is 0.383. The Hall–Kier alpha value is -3.27. The molecule has 2 aromatic carbocycles. The fourth-order valence-electron chi connectivity index (χ4n) is 3.42. The van der Waals surface area contributed by atoms with Gasteiger partial charge in [-0.1, -0.05) is 54.6 Å². The van der Waals surface area contributed by atoms with Crippen molar-refractivity contribution in [3.05, 3.63) is 95.6 Å². The number of sulfonamides is 1. The third-order valence-corrected chi connectivity index (χ3v) is 8.06. The summed E-state index contributed by atoms with van der Waals surface area (Å²) < 4.78 is 29.2. The van der Waals surface area contributed by atoms with E-state index in [-0.39, 0.29) is 16.7 Å². The number of nitrogens with one attached hydrogen (secondary N) is 2. The molecule has 1 unspecified atom stereocenters. The molecule has 0 bridgehead atoms. The van der Waals surface area contributed by atoms with E-state index >= 15 is 0 Å². The first kappa shape index (κ1) is 22.9. The van der Waals surface area contributed by atoms with Crippen LogP contribution in [0.3, 0.4) is 0 Å². The second-order valence-corrected chi connectivity index (χ2v) is 10.4. The molecule has 4 rings (SSSR count). The van der Waals surface area contributed by atoms with E-state index in [1.807, 2.05) is 41.2 Å². The Morgan fingerprint density at radius 3 is 2.55 bits per heavy atom. The number of carbonyl (C=O) groups excluding carboxylic acids is 1. The first-order chi connectivity index (χ1) is 15.9. The SMILES string of the molecule is CC(NS(=O)(=O)c1cccs1)C(=O)NCc1ccccc1-c1ccc(Cn2cccn2)cc1. The van der Waals surface area contributed by atoms with E-state index in [9.17, 15) is 13.2 Å². The Labute approximate surface area is 197 Å². The number of nitrogens with zero attached hydrogens (tertiary/aromatic N) is 2. The summed E-state index contributed by atoms with van der Waals surface area (Å²) in [5.41, 5.74) is 4.13. The molecule has 7 nitrogen and oxygen atoms in total. The molecule has 0 spiro atoms. The summed E-state index contributed by atoms with van der Waals surface area (Å²) in [7, 11) is -3.72. The minimum absolute atomic E-state index is 0.184. The Morgan fingerprint density at radius 2 is 1.85 bits per heavy atom. The van der Waals surface area contributed by atoms with Gasteiger partial charge < -0.3 is 5.32 Å². The number of amides is 1. The molecule has 1 atom stereocenters. The van der Waals surface area contributed by atoms with Crippen LogP contribution in [0.25, 0.3) is 11.1 Å². The van der Waals surface area contributed by atoms with E-state index < -0.39 is 16.1 Å². The Morgan fingerprint density at radius 1 is 1.06 bits per heavy atom. The van der Waals surface area contributed by atoms with Gasteiger partial charge in [0.15, 0.2) is 0 Å². The number of rotatable bonds is 9. The van der Waals surface area contributed by atoms with Crippen LogP contribution in [0.5, 0.6) is 0 Å². The van der Waals surface area contributed by atoms with Crippen molar-refractivity contribution in [2.75, 3.05) is 0 Å². The number of carbonyl (C=O) groups is 1. The van der Waals surface area contributed by atoms with Crippen LogP contribution in [0.15, 0.2) is 88.7 Å². The van der Waals surface area contributed by atoms with Crippen LogP contribution in [0.1, 0.15) is 18.1 Å². The minimum Gasteiger partial charge on any atom is -0.351 e. The largest absolute Gasteiger partial charge is 0.351 e. The predicted octanol–water partition coefficient (Wildman–Crippen LogP) is 3.64. The van der Waals surface area contributed by atoms with Crippen molar-refractivity contribution < 1.29 is 13.2 Å². The third kappa shape index (κ3) is 5.75. The van der Waals surface area contributed by atoms with Crippen molar-refractivity contribution in [3.8, 4) is 11.1 Å². The highest BCUT2D eigenvalue weighted by molar-refractivity contribution is 7.91. The second-order valence-electron chi connectivity index (χ2n) is 7.55. The first-order valence-electron chi connectivity index (χ1n) is 10.4. The van der Waals surface area contributed by atoms with Gasteiger partial charge in [-0.25, -0.2) is 8.42 Å². The Bertz CT molecular complexity index is 1300. The van der Waals surface area contributed by atoms with Crippen LogP contribution in [-0.2, 0) is 27.9 Å². The van der Waals surface area contributed by atoms with Crippen LogP contribution < -0.4 is 10.0 Å². The molecular formula is C24H24N4O3S2. The van der Waals surface area contributed by atoms with Crippen molar-refractivity contribution in [1.29, 1.82) is 0 Å². The molecule has 170 valence electrons. The molecule has 33 heavy (non-hydrogen) atoms. The highest BCUT2D eigenvalue weighted by atomic mass is 32.2. The summed E-state index contributed by atoms with van der Waals surface area (Å²) in [6.45, 7) is 2.52. The van der Waals surface area contributed by atoms with Crippen molar-refractivity contribution >= 4 is 27.3 Å². The van der Waals surface area contributed by atoms with E-state index in [4.69, 9.17) is 0 Å². The van der Waals surface area contributed by atoms with Crippen LogP contribution in [0, 0.1) is 0 Å². The number of hydrogen-bond donors (Lipinski definition) is 2. The van der Waals surface area contributed by atoms with Gasteiger partial charge in [-0.2, -0.15) is 9.82 Å². The zero-order chi connectivity index (χ0) is 23.3. The van der Waals surface area contributed by atoms with Gasteiger partial charge in [-0.3, -0.25) is 9.48 Å². The fraction of sp³-hybridized carbons (Fsp3) is 0.167. The molecule has 2 N–H and O–H groups in total. The van der Waals surface area contributed by atoms with E-state index in [0.717, 1.165) is 33.6 Å². The molecular weight excluding hydrogens is 456 g/mol. The van der Waals surface area contributed by atoms with E-state index in [1.54, 1.807) is 17.6 Å². The number of benzene rings is 2. The lowest BCUT2D eigenvalue weighted by Crippen LogP contribution is -2.44. The summed E-state index contributed by atoms with van der Waals surface area (Å²) in [4.78, 5) is 12.6. The monoisotopic (exact) mass is 480 g/mol. The second kappa shape index (κ2) is 10.1. The molecule has 0 aliphatic rings. The molecule has 0 radical (unpaired) electrons. The number of hydrogen-bond acceptors (Lipinski definition) is 5. The number of aromatic nitrogens is 2. The Kier molecular flexibility index (Phi) is 7.02. The van der Waals surface area contributed by atoms with Crippen molar-refractivity contribution in [2.24, 2.45) is 0 Å².